The van der Waals surface area contributed by atoms with Gasteiger partial charge in [0.1, 0.15) is 5.82 Å². The second kappa shape index (κ2) is 6.82. The molecule has 0 aromatic heterocycles. The molecule has 84 valence electrons. The molecular weight excluding hydrogens is 213 g/mol. The minimum absolute atomic E-state index is 0.0608. The molecule has 0 aliphatic rings. The van der Waals surface area contributed by atoms with Crippen LogP contribution in [0.5, 0.6) is 0 Å². The summed E-state index contributed by atoms with van der Waals surface area (Å²) in [6, 6.07) is 6.22. The van der Waals surface area contributed by atoms with Crippen molar-refractivity contribution < 1.29 is 9.50 Å². The summed E-state index contributed by atoms with van der Waals surface area (Å²) in [7, 11) is 0. The molecule has 1 unspecified atom stereocenters. The van der Waals surface area contributed by atoms with E-state index in [4.69, 9.17) is 10.8 Å². The van der Waals surface area contributed by atoms with Gasteiger partial charge in [-0.05, 0) is 29.9 Å². The number of hydrogen-bond donors (Lipinski definition) is 2. The lowest BCUT2D eigenvalue weighted by Crippen LogP contribution is -2.13. The van der Waals surface area contributed by atoms with Gasteiger partial charge in [0.05, 0.1) is 0 Å². The molecule has 0 spiro atoms. The molecule has 1 rings (SSSR count). The molecule has 0 aliphatic heterocycles. The van der Waals surface area contributed by atoms with E-state index in [0.717, 1.165) is 23.5 Å². The Bertz CT molecular complexity index is 278. The first kappa shape index (κ1) is 12.5. The van der Waals surface area contributed by atoms with Gasteiger partial charge in [0, 0.05) is 18.4 Å². The average molecular weight is 229 g/mol. The van der Waals surface area contributed by atoms with Gasteiger partial charge in [-0.3, -0.25) is 0 Å². The maximum atomic E-state index is 12.6. The molecule has 0 saturated carbocycles. The van der Waals surface area contributed by atoms with E-state index in [9.17, 15) is 4.39 Å². The number of hydrogen-bond acceptors (Lipinski definition) is 3. The first-order valence-electron chi connectivity index (χ1n) is 4.93. The minimum atomic E-state index is -0.237. The summed E-state index contributed by atoms with van der Waals surface area (Å²) < 4.78 is 12.6. The summed E-state index contributed by atoms with van der Waals surface area (Å²) >= 11 is 1.71. The molecule has 4 heteroatoms. The minimum Gasteiger partial charge on any atom is -0.396 e. The third-order valence-electron chi connectivity index (χ3n) is 2.04. The summed E-state index contributed by atoms with van der Waals surface area (Å²) in [6.45, 7) is 0.221. The van der Waals surface area contributed by atoms with Crippen LogP contribution in [0, 0.1) is 5.82 Å². The molecule has 1 aromatic rings. The first-order chi connectivity index (χ1) is 7.24. The second-order valence-corrected chi connectivity index (χ2v) is 4.46. The highest BCUT2D eigenvalue weighted by Crippen LogP contribution is 2.16. The van der Waals surface area contributed by atoms with Crippen LogP contribution in [0.2, 0.25) is 0 Å². The predicted octanol–water partition coefficient (Wildman–Crippen LogP) is 1.94. The Morgan fingerprint density at radius 2 is 2.00 bits per heavy atom. The lowest BCUT2D eigenvalue weighted by molar-refractivity contribution is 0.296. The van der Waals surface area contributed by atoms with Crippen LogP contribution < -0.4 is 5.73 Å². The van der Waals surface area contributed by atoms with Crippen molar-refractivity contribution in [1.82, 2.24) is 0 Å². The van der Waals surface area contributed by atoms with E-state index in [2.05, 4.69) is 0 Å². The van der Waals surface area contributed by atoms with Gasteiger partial charge >= 0.3 is 0 Å². The second-order valence-electron chi connectivity index (χ2n) is 3.31. The molecule has 3 N–H and O–H groups in total. The Hall–Kier alpha value is -0.580. The van der Waals surface area contributed by atoms with E-state index in [0.29, 0.717) is 0 Å². The Morgan fingerprint density at radius 3 is 2.60 bits per heavy atom. The van der Waals surface area contributed by atoms with Crippen LogP contribution in [0.1, 0.15) is 18.0 Å². The number of thioether (sulfide) groups is 1. The fourth-order valence-electron chi connectivity index (χ4n) is 1.18. The summed E-state index contributed by atoms with van der Waals surface area (Å²) in [5, 5.41) is 8.59. The third kappa shape index (κ3) is 4.64. The van der Waals surface area contributed by atoms with Crippen molar-refractivity contribution in [2.24, 2.45) is 5.73 Å². The molecule has 0 heterocycles. The van der Waals surface area contributed by atoms with Crippen molar-refractivity contribution in [2.75, 3.05) is 18.1 Å². The van der Waals surface area contributed by atoms with Crippen molar-refractivity contribution in [1.29, 1.82) is 0 Å². The fraction of sp³-hybridized carbons (Fsp3) is 0.455. The molecule has 0 bridgehead atoms. The maximum Gasteiger partial charge on any atom is 0.123 e. The van der Waals surface area contributed by atoms with Gasteiger partial charge in [-0.1, -0.05) is 12.1 Å². The molecule has 2 nitrogen and oxygen atoms in total. The highest BCUT2D eigenvalue weighted by molar-refractivity contribution is 7.99. The highest BCUT2D eigenvalue weighted by Gasteiger charge is 2.05. The lowest BCUT2D eigenvalue weighted by Gasteiger charge is -2.11. The Labute approximate surface area is 93.7 Å². The monoisotopic (exact) mass is 229 g/mol. The zero-order valence-electron chi connectivity index (χ0n) is 8.53. The SMILES string of the molecule is NC(CSCCCO)c1ccc(F)cc1. The van der Waals surface area contributed by atoms with Crippen LogP contribution in [-0.4, -0.2) is 23.2 Å². The van der Waals surface area contributed by atoms with Crippen LogP contribution in [0.15, 0.2) is 24.3 Å². The number of halogens is 1. The van der Waals surface area contributed by atoms with Crippen molar-refractivity contribution in [2.45, 2.75) is 12.5 Å². The van der Waals surface area contributed by atoms with Gasteiger partial charge in [-0.25, -0.2) is 4.39 Å². The number of aliphatic hydroxyl groups excluding tert-OH is 1. The zero-order chi connectivity index (χ0) is 11.1. The molecule has 0 aliphatic carbocycles. The van der Waals surface area contributed by atoms with Crippen LogP contribution in [0.3, 0.4) is 0 Å². The molecule has 0 saturated heterocycles. The number of benzene rings is 1. The molecule has 1 atom stereocenters. The van der Waals surface area contributed by atoms with Crippen molar-refractivity contribution in [3.63, 3.8) is 0 Å². The lowest BCUT2D eigenvalue weighted by atomic mass is 10.1. The van der Waals surface area contributed by atoms with E-state index >= 15 is 0 Å². The first-order valence-corrected chi connectivity index (χ1v) is 6.09. The summed E-state index contributed by atoms with van der Waals surface area (Å²) in [5.41, 5.74) is 6.87. The Balaban J connectivity index is 2.33. The van der Waals surface area contributed by atoms with Gasteiger partial charge in [0.15, 0.2) is 0 Å². The van der Waals surface area contributed by atoms with Gasteiger partial charge in [0.25, 0.3) is 0 Å². The molecule has 0 amide bonds. The molecule has 0 fully saturated rings. The van der Waals surface area contributed by atoms with Crippen LogP contribution in [0.4, 0.5) is 4.39 Å². The molecule has 15 heavy (non-hydrogen) atoms. The molecule has 1 aromatic carbocycles. The van der Waals surface area contributed by atoms with Crippen LogP contribution in [-0.2, 0) is 0 Å². The van der Waals surface area contributed by atoms with E-state index in [1.54, 1.807) is 23.9 Å². The average Bonchev–Trinajstić information content (AvgIpc) is 2.25. The predicted molar refractivity (Wildman–Crippen MR) is 62.4 cm³/mol. The highest BCUT2D eigenvalue weighted by atomic mass is 32.2. The number of aliphatic hydroxyl groups is 1. The number of rotatable bonds is 6. The van der Waals surface area contributed by atoms with Crippen molar-refractivity contribution in [3.05, 3.63) is 35.6 Å². The van der Waals surface area contributed by atoms with E-state index < -0.39 is 0 Å². The third-order valence-corrected chi connectivity index (χ3v) is 3.21. The summed E-state index contributed by atoms with van der Waals surface area (Å²) in [5.74, 6) is 1.47. The maximum absolute atomic E-state index is 12.6. The van der Waals surface area contributed by atoms with Gasteiger partial charge < -0.3 is 10.8 Å². The van der Waals surface area contributed by atoms with Crippen molar-refractivity contribution >= 4 is 11.8 Å². The normalized spacial score (nSPS) is 12.7. The molecule has 0 radical (unpaired) electrons. The Morgan fingerprint density at radius 1 is 1.33 bits per heavy atom. The fourth-order valence-corrected chi connectivity index (χ4v) is 2.13. The summed E-state index contributed by atoms with van der Waals surface area (Å²) in [6.07, 6.45) is 0.792. The van der Waals surface area contributed by atoms with Gasteiger partial charge in [-0.15, -0.1) is 0 Å². The van der Waals surface area contributed by atoms with Crippen LogP contribution in [0.25, 0.3) is 0 Å². The topological polar surface area (TPSA) is 46.2 Å². The largest absolute Gasteiger partial charge is 0.396 e. The van der Waals surface area contributed by atoms with E-state index in [-0.39, 0.29) is 18.5 Å². The quantitative estimate of drug-likeness (QED) is 0.733. The van der Waals surface area contributed by atoms with Crippen molar-refractivity contribution in [3.8, 4) is 0 Å². The number of nitrogens with two attached hydrogens (primary N) is 1. The van der Waals surface area contributed by atoms with Crippen LogP contribution >= 0.6 is 11.8 Å². The van der Waals surface area contributed by atoms with E-state index in [1.165, 1.54) is 12.1 Å². The van der Waals surface area contributed by atoms with E-state index in [1.807, 2.05) is 0 Å². The zero-order valence-corrected chi connectivity index (χ0v) is 9.34. The standard InChI is InChI=1S/C11H16FNOS/c12-10-4-2-9(3-5-10)11(13)8-15-7-1-6-14/h2-5,11,14H,1,6-8,13H2. The van der Waals surface area contributed by atoms with Gasteiger partial charge in [0.2, 0.25) is 0 Å². The smallest absolute Gasteiger partial charge is 0.123 e. The Kier molecular flexibility index (Phi) is 5.68. The summed E-state index contributed by atoms with van der Waals surface area (Å²) in [4.78, 5) is 0. The van der Waals surface area contributed by atoms with Gasteiger partial charge in [-0.2, -0.15) is 11.8 Å². The molecular formula is C11H16FNOS.